The van der Waals surface area contributed by atoms with Crippen LogP contribution in [0.4, 0.5) is 23.5 Å². The number of phenolic OH excluding ortho intramolecular Hbond substituents is 1. The third-order valence-electron chi connectivity index (χ3n) is 5.17. The molecule has 0 bridgehead atoms. The minimum absolute atomic E-state index is 0.00233. The van der Waals surface area contributed by atoms with E-state index < -0.39 is 4.92 Å². The number of non-ortho nitro benzene ring substituents is 1. The number of aromatic nitrogens is 3. The van der Waals surface area contributed by atoms with E-state index in [9.17, 15) is 15.2 Å². The Kier molecular flexibility index (Phi) is 7.49. The van der Waals surface area contributed by atoms with Gasteiger partial charge in [0, 0.05) is 37.8 Å². The zero-order valence-electron chi connectivity index (χ0n) is 18.7. The largest absolute Gasteiger partial charge is 0.504 e. The second-order valence-electron chi connectivity index (χ2n) is 7.40. The second-order valence-corrected chi connectivity index (χ2v) is 7.40. The van der Waals surface area contributed by atoms with Gasteiger partial charge in [0.25, 0.3) is 5.69 Å². The van der Waals surface area contributed by atoms with Crippen LogP contribution in [-0.2, 0) is 9.47 Å². The van der Waals surface area contributed by atoms with E-state index in [2.05, 4.69) is 25.5 Å². The summed E-state index contributed by atoms with van der Waals surface area (Å²) in [7, 11) is 0. The number of morpholine rings is 2. The van der Waals surface area contributed by atoms with Crippen molar-refractivity contribution in [2.24, 2.45) is 5.10 Å². The van der Waals surface area contributed by atoms with Crippen molar-refractivity contribution in [3.8, 4) is 11.5 Å². The van der Waals surface area contributed by atoms with E-state index in [0.717, 1.165) is 0 Å². The van der Waals surface area contributed by atoms with Gasteiger partial charge in [-0.2, -0.15) is 20.1 Å². The SMILES string of the molecule is CCOc1cc([N+](=O)[O-])cc(/C=N/Nc2nc(N3CCOCC3)nc(N3CCOCC3)n2)c1O. The van der Waals surface area contributed by atoms with Gasteiger partial charge in [0.15, 0.2) is 11.5 Å². The van der Waals surface area contributed by atoms with Gasteiger partial charge in [0.05, 0.1) is 50.2 Å². The van der Waals surface area contributed by atoms with Crippen LogP contribution in [0.1, 0.15) is 12.5 Å². The molecule has 1 aromatic heterocycles. The summed E-state index contributed by atoms with van der Waals surface area (Å²) in [5.41, 5.74) is 2.63. The lowest BCUT2D eigenvalue weighted by Crippen LogP contribution is -2.40. The predicted molar refractivity (Wildman–Crippen MR) is 123 cm³/mol. The Balaban J connectivity index is 1.59. The molecule has 4 rings (SSSR count). The fraction of sp³-hybridized carbons (Fsp3) is 0.500. The van der Waals surface area contributed by atoms with Crippen LogP contribution in [-0.4, -0.2) is 90.4 Å². The minimum Gasteiger partial charge on any atom is -0.504 e. The van der Waals surface area contributed by atoms with Gasteiger partial charge >= 0.3 is 0 Å². The average molecular weight is 474 g/mol. The fourth-order valence-electron chi connectivity index (χ4n) is 3.46. The topological polar surface area (TPSA) is 161 Å². The van der Waals surface area contributed by atoms with E-state index in [0.29, 0.717) is 64.5 Å². The Morgan fingerprint density at radius 3 is 2.24 bits per heavy atom. The number of nitro groups is 1. The Hall–Kier alpha value is -3.78. The molecule has 0 aliphatic carbocycles. The minimum atomic E-state index is -0.568. The van der Waals surface area contributed by atoms with Crippen molar-refractivity contribution >= 4 is 29.7 Å². The normalized spacial score (nSPS) is 16.6. The lowest BCUT2D eigenvalue weighted by Gasteiger charge is -2.30. The van der Waals surface area contributed by atoms with Gasteiger partial charge in [-0.25, -0.2) is 5.43 Å². The van der Waals surface area contributed by atoms with Crippen LogP contribution in [0, 0.1) is 10.1 Å². The maximum absolute atomic E-state index is 11.2. The molecule has 3 heterocycles. The van der Waals surface area contributed by atoms with E-state index in [-0.39, 0.29) is 35.3 Å². The van der Waals surface area contributed by atoms with Crippen molar-refractivity contribution in [1.82, 2.24) is 15.0 Å². The summed E-state index contributed by atoms with van der Waals surface area (Å²) < 4.78 is 16.1. The number of nitrogens with zero attached hydrogens (tertiary/aromatic N) is 7. The molecule has 0 saturated carbocycles. The van der Waals surface area contributed by atoms with Crippen molar-refractivity contribution in [3.63, 3.8) is 0 Å². The first-order valence-electron chi connectivity index (χ1n) is 10.9. The fourth-order valence-corrected chi connectivity index (χ4v) is 3.46. The zero-order valence-corrected chi connectivity index (χ0v) is 18.7. The number of anilines is 3. The first-order valence-corrected chi connectivity index (χ1v) is 10.9. The average Bonchev–Trinajstić information content (AvgIpc) is 2.87. The number of rotatable bonds is 8. The molecule has 2 saturated heterocycles. The van der Waals surface area contributed by atoms with Gasteiger partial charge in [0.2, 0.25) is 17.8 Å². The monoisotopic (exact) mass is 474 g/mol. The zero-order chi connectivity index (χ0) is 23.9. The Bertz CT molecular complexity index is 1000. The molecule has 0 spiro atoms. The summed E-state index contributed by atoms with van der Waals surface area (Å²) in [6.45, 7) is 6.86. The highest BCUT2D eigenvalue weighted by Gasteiger charge is 2.21. The van der Waals surface area contributed by atoms with Crippen LogP contribution in [0.15, 0.2) is 17.2 Å². The quantitative estimate of drug-likeness (QED) is 0.318. The van der Waals surface area contributed by atoms with Crippen LogP contribution in [0.2, 0.25) is 0 Å². The summed E-state index contributed by atoms with van der Waals surface area (Å²) in [6.07, 6.45) is 1.25. The van der Waals surface area contributed by atoms with Crippen LogP contribution >= 0.6 is 0 Å². The summed E-state index contributed by atoms with van der Waals surface area (Å²) in [6, 6.07) is 2.37. The van der Waals surface area contributed by atoms with E-state index in [4.69, 9.17) is 14.2 Å². The number of benzene rings is 1. The summed E-state index contributed by atoms with van der Waals surface area (Å²) in [5, 5.41) is 25.7. The van der Waals surface area contributed by atoms with Crippen LogP contribution in [0.3, 0.4) is 0 Å². The van der Waals surface area contributed by atoms with Crippen molar-refractivity contribution < 1.29 is 24.2 Å². The predicted octanol–water partition coefficient (Wildman–Crippen LogP) is 1.00. The summed E-state index contributed by atoms with van der Waals surface area (Å²) in [4.78, 5) is 28.2. The van der Waals surface area contributed by atoms with Crippen molar-refractivity contribution in [2.75, 3.05) is 74.4 Å². The van der Waals surface area contributed by atoms with Crippen molar-refractivity contribution in [3.05, 3.63) is 27.8 Å². The number of nitro benzene ring substituents is 1. The van der Waals surface area contributed by atoms with Gasteiger partial charge in [-0.1, -0.05) is 0 Å². The molecule has 14 heteroatoms. The smallest absolute Gasteiger partial charge is 0.274 e. The molecule has 0 atom stereocenters. The van der Waals surface area contributed by atoms with E-state index in [1.807, 2.05) is 9.80 Å². The number of nitrogens with one attached hydrogen (secondary N) is 1. The molecule has 2 N–H and O–H groups in total. The van der Waals surface area contributed by atoms with Gasteiger partial charge in [0.1, 0.15) is 0 Å². The van der Waals surface area contributed by atoms with Gasteiger partial charge in [-0.05, 0) is 6.92 Å². The first-order chi connectivity index (χ1) is 16.5. The molecule has 0 amide bonds. The highest BCUT2D eigenvalue weighted by molar-refractivity contribution is 5.86. The Labute approximate surface area is 195 Å². The molecule has 182 valence electrons. The van der Waals surface area contributed by atoms with Crippen LogP contribution in [0.25, 0.3) is 0 Å². The van der Waals surface area contributed by atoms with Crippen LogP contribution < -0.4 is 20.0 Å². The third-order valence-corrected chi connectivity index (χ3v) is 5.17. The summed E-state index contributed by atoms with van der Waals surface area (Å²) in [5.74, 6) is 0.937. The molecule has 0 radical (unpaired) electrons. The van der Waals surface area contributed by atoms with Gasteiger partial charge < -0.3 is 29.1 Å². The molecule has 2 aliphatic heterocycles. The molecule has 2 aliphatic rings. The third kappa shape index (κ3) is 5.58. The maximum Gasteiger partial charge on any atom is 0.274 e. The van der Waals surface area contributed by atoms with E-state index in [1.165, 1.54) is 18.3 Å². The van der Waals surface area contributed by atoms with Crippen molar-refractivity contribution in [1.29, 1.82) is 0 Å². The lowest BCUT2D eigenvalue weighted by molar-refractivity contribution is -0.385. The highest BCUT2D eigenvalue weighted by atomic mass is 16.6. The van der Waals surface area contributed by atoms with Gasteiger partial charge in [-0.3, -0.25) is 10.1 Å². The molecular weight excluding hydrogens is 448 g/mol. The number of aromatic hydroxyl groups is 1. The molecule has 2 fully saturated rings. The van der Waals surface area contributed by atoms with E-state index in [1.54, 1.807) is 6.92 Å². The van der Waals surface area contributed by atoms with Crippen LogP contribution in [0.5, 0.6) is 11.5 Å². The summed E-state index contributed by atoms with van der Waals surface area (Å²) >= 11 is 0. The van der Waals surface area contributed by atoms with E-state index >= 15 is 0 Å². The Morgan fingerprint density at radius 2 is 1.71 bits per heavy atom. The van der Waals surface area contributed by atoms with Gasteiger partial charge in [-0.15, -0.1) is 0 Å². The Morgan fingerprint density at radius 1 is 1.12 bits per heavy atom. The number of hydrazone groups is 1. The molecule has 34 heavy (non-hydrogen) atoms. The maximum atomic E-state index is 11.2. The molecule has 14 nitrogen and oxygen atoms in total. The number of hydrogen-bond acceptors (Lipinski definition) is 13. The number of ether oxygens (including phenoxy) is 3. The lowest BCUT2D eigenvalue weighted by atomic mass is 10.1. The standard InChI is InChI=1S/C20H26N8O6/c1-2-34-16-12-15(28(30)31)11-14(17(16)29)13-21-25-18-22-19(26-3-7-32-8-4-26)24-20(23-18)27-5-9-33-10-6-27/h11-13,29H,2-10H2,1H3,(H,22,23,24,25)/b21-13+. The number of hydrogen-bond donors (Lipinski definition) is 2. The molecular formula is C20H26N8O6. The molecule has 2 aromatic rings. The second kappa shape index (κ2) is 10.9. The molecule has 1 aromatic carbocycles. The highest BCUT2D eigenvalue weighted by Crippen LogP contribution is 2.34. The number of phenols is 1. The van der Waals surface area contributed by atoms with Crippen molar-refractivity contribution in [2.45, 2.75) is 6.92 Å². The molecule has 0 unspecified atom stereocenters. The first kappa shape index (κ1) is 23.4.